The molecule has 1 aliphatic carbocycles. The topological polar surface area (TPSA) is 67.7 Å². The second-order valence-corrected chi connectivity index (χ2v) is 7.67. The van der Waals surface area contributed by atoms with Gasteiger partial charge in [-0.05, 0) is 24.8 Å². The SMILES string of the molecule is O=C(CC1CCCCC1)N1CCn2nc(C(=O)N3CCOCC3)cc2C1. The Hall–Kier alpha value is -1.89. The van der Waals surface area contributed by atoms with E-state index in [0.29, 0.717) is 64.0 Å². The molecule has 1 saturated heterocycles. The maximum Gasteiger partial charge on any atom is 0.274 e. The lowest BCUT2D eigenvalue weighted by Crippen LogP contribution is -2.41. The summed E-state index contributed by atoms with van der Waals surface area (Å²) in [4.78, 5) is 29.0. The van der Waals surface area contributed by atoms with Crippen LogP contribution in [0.1, 0.15) is 54.7 Å². The molecule has 142 valence electrons. The van der Waals surface area contributed by atoms with Gasteiger partial charge >= 0.3 is 0 Å². The zero-order valence-corrected chi connectivity index (χ0v) is 15.4. The number of amides is 2. The van der Waals surface area contributed by atoms with E-state index in [1.165, 1.54) is 32.1 Å². The van der Waals surface area contributed by atoms with Crippen LogP contribution in [0.5, 0.6) is 0 Å². The van der Waals surface area contributed by atoms with Gasteiger partial charge in [-0.1, -0.05) is 19.3 Å². The average Bonchev–Trinajstić information content (AvgIpc) is 3.12. The molecule has 0 atom stereocenters. The van der Waals surface area contributed by atoms with Crippen LogP contribution in [0.3, 0.4) is 0 Å². The first kappa shape index (κ1) is 17.5. The fourth-order valence-electron chi connectivity index (χ4n) is 4.28. The Kier molecular flexibility index (Phi) is 5.24. The molecule has 3 heterocycles. The van der Waals surface area contributed by atoms with Crippen LogP contribution in [-0.2, 0) is 22.6 Å². The Balaban J connectivity index is 1.38. The summed E-state index contributed by atoms with van der Waals surface area (Å²) in [6, 6.07) is 1.86. The number of carbonyl (C=O) groups excluding carboxylic acids is 2. The normalized spacial score (nSPS) is 21.5. The molecule has 3 aliphatic rings. The smallest absolute Gasteiger partial charge is 0.274 e. The zero-order valence-electron chi connectivity index (χ0n) is 15.4. The van der Waals surface area contributed by atoms with Gasteiger partial charge in [0.25, 0.3) is 5.91 Å². The summed E-state index contributed by atoms with van der Waals surface area (Å²) in [6.45, 7) is 4.33. The maximum atomic E-state index is 12.7. The fourth-order valence-corrected chi connectivity index (χ4v) is 4.28. The monoisotopic (exact) mass is 360 g/mol. The van der Waals surface area contributed by atoms with Crippen LogP contribution in [0, 0.1) is 5.92 Å². The van der Waals surface area contributed by atoms with Gasteiger partial charge in [-0.2, -0.15) is 5.10 Å². The van der Waals surface area contributed by atoms with Crippen LogP contribution in [0.25, 0.3) is 0 Å². The molecule has 1 saturated carbocycles. The molecule has 0 N–H and O–H groups in total. The summed E-state index contributed by atoms with van der Waals surface area (Å²) in [7, 11) is 0. The summed E-state index contributed by atoms with van der Waals surface area (Å²) in [5.74, 6) is 0.780. The largest absolute Gasteiger partial charge is 0.378 e. The van der Waals surface area contributed by atoms with Gasteiger partial charge in [-0.3, -0.25) is 14.3 Å². The molecule has 0 aromatic carbocycles. The third-order valence-corrected chi connectivity index (χ3v) is 5.86. The highest BCUT2D eigenvalue weighted by Crippen LogP contribution is 2.27. The molecule has 0 bridgehead atoms. The van der Waals surface area contributed by atoms with E-state index < -0.39 is 0 Å². The van der Waals surface area contributed by atoms with Crippen molar-refractivity contribution in [3.05, 3.63) is 17.5 Å². The summed E-state index contributed by atoms with van der Waals surface area (Å²) in [5.41, 5.74) is 1.45. The Morgan fingerprint density at radius 1 is 1.04 bits per heavy atom. The second kappa shape index (κ2) is 7.78. The van der Waals surface area contributed by atoms with Crippen LogP contribution < -0.4 is 0 Å². The highest BCUT2D eigenvalue weighted by Gasteiger charge is 2.28. The van der Waals surface area contributed by atoms with Gasteiger partial charge in [-0.15, -0.1) is 0 Å². The van der Waals surface area contributed by atoms with Crippen molar-refractivity contribution >= 4 is 11.8 Å². The van der Waals surface area contributed by atoms with E-state index in [4.69, 9.17) is 4.74 Å². The van der Waals surface area contributed by atoms with Gasteiger partial charge in [0.05, 0.1) is 32.0 Å². The minimum atomic E-state index is -0.0321. The quantitative estimate of drug-likeness (QED) is 0.822. The number of morpholine rings is 1. The van der Waals surface area contributed by atoms with Gasteiger partial charge in [0, 0.05) is 26.1 Å². The number of aromatic nitrogens is 2. The standard InChI is InChI=1S/C19H28N4O3/c24-18(12-15-4-2-1-3-5-15)22-6-7-23-16(14-22)13-17(20-23)19(25)21-8-10-26-11-9-21/h13,15H,1-12,14H2. The van der Waals surface area contributed by atoms with E-state index in [9.17, 15) is 9.59 Å². The number of nitrogens with zero attached hydrogens (tertiary/aromatic N) is 4. The van der Waals surface area contributed by atoms with Crippen molar-refractivity contribution in [2.45, 2.75) is 51.6 Å². The third kappa shape index (κ3) is 3.77. The third-order valence-electron chi connectivity index (χ3n) is 5.86. The molecule has 4 rings (SSSR count). The lowest BCUT2D eigenvalue weighted by molar-refractivity contribution is -0.134. The van der Waals surface area contributed by atoms with Crippen LogP contribution >= 0.6 is 0 Å². The molecule has 2 aliphatic heterocycles. The van der Waals surface area contributed by atoms with Crippen LogP contribution in [-0.4, -0.2) is 64.2 Å². The van der Waals surface area contributed by atoms with Gasteiger partial charge in [0.2, 0.25) is 5.91 Å². The maximum absolute atomic E-state index is 12.7. The van der Waals surface area contributed by atoms with Crippen molar-refractivity contribution in [2.75, 3.05) is 32.8 Å². The summed E-state index contributed by atoms with van der Waals surface area (Å²) < 4.78 is 7.19. The second-order valence-electron chi connectivity index (χ2n) is 7.67. The predicted molar refractivity (Wildman–Crippen MR) is 95.6 cm³/mol. The van der Waals surface area contributed by atoms with Gasteiger partial charge in [0.1, 0.15) is 0 Å². The molecule has 2 amide bonds. The summed E-state index contributed by atoms with van der Waals surface area (Å²) >= 11 is 0. The number of ether oxygens (including phenoxy) is 1. The van der Waals surface area contributed by atoms with Crippen molar-refractivity contribution in [1.82, 2.24) is 19.6 Å². The minimum Gasteiger partial charge on any atom is -0.378 e. The molecule has 1 aromatic rings. The molecular weight excluding hydrogens is 332 g/mol. The molecule has 7 heteroatoms. The zero-order chi connectivity index (χ0) is 17.9. The van der Waals surface area contributed by atoms with Crippen LogP contribution in [0.15, 0.2) is 6.07 Å². The Morgan fingerprint density at radius 3 is 2.58 bits per heavy atom. The van der Waals surface area contributed by atoms with Crippen molar-refractivity contribution in [3.8, 4) is 0 Å². The molecular formula is C19H28N4O3. The predicted octanol–water partition coefficient (Wildman–Crippen LogP) is 1.67. The van der Waals surface area contributed by atoms with Gasteiger partial charge in [0.15, 0.2) is 5.69 Å². The number of hydrogen-bond acceptors (Lipinski definition) is 4. The van der Waals surface area contributed by atoms with Crippen LogP contribution in [0.2, 0.25) is 0 Å². The van der Waals surface area contributed by atoms with E-state index >= 15 is 0 Å². The Labute approximate surface area is 154 Å². The molecule has 26 heavy (non-hydrogen) atoms. The minimum absolute atomic E-state index is 0.0321. The molecule has 7 nitrogen and oxygen atoms in total. The van der Waals surface area contributed by atoms with Crippen LogP contribution in [0.4, 0.5) is 0 Å². The fraction of sp³-hybridized carbons (Fsp3) is 0.737. The Bertz CT molecular complexity index is 660. The molecule has 0 unspecified atom stereocenters. The Morgan fingerprint density at radius 2 is 1.81 bits per heavy atom. The molecule has 1 aromatic heterocycles. The highest BCUT2D eigenvalue weighted by atomic mass is 16.5. The average molecular weight is 360 g/mol. The number of carbonyl (C=O) groups is 2. The first-order valence-electron chi connectivity index (χ1n) is 9.92. The first-order chi connectivity index (χ1) is 12.7. The summed E-state index contributed by atoms with van der Waals surface area (Å²) in [5, 5.41) is 4.48. The van der Waals surface area contributed by atoms with Crippen molar-refractivity contribution in [2.24, 2.45) is 5.92 Å². The van der Waals surface area contributed by atoms with Crippen molar-refractivity contribution < 1.29 is 14.3 Å². The van der Waals surface area contributed by atoms with Gasteiger partial charge < -0.3 is 14.5 Å². The van der Waals surface area contributed by atoms with Gasteiger partial charge in [-0.25, -0.2) is 0 Å². The number of hydrogen-bond donors (Lipinski definition) is 0. The first-order valence-corrected chi connectivity index (χ1v) is 9.92. The lowest BCUT2D eigenvalue weighted by Gasteiger charge is -2.30. The summed E-state index contributed by atoms with van der Waals surface area (Å²) in [6.07, 6.45) is 6.89. The van der Waals surface area contributed by atoms with E-state index in [2.05, 4.69) is 5.10 Å². The van der Waals surface area contributed by atoms with Crippen molar-refractivity contribution in [1.29, 1.82) is 0 Å². The molecule has 2 fully saturated rings. The van der Waals surface area contributed by atoms with E-state index in [0.717, 1.165) is 5.69 Å². The van der Waals surface area contributed by atoms with E-state index in [1.54, 1.807) is 4.90 Å². The number of rotatable bonds is 3. The lowest BCUT2D eigenvalue weighted by atomic mass is 9.86. The van der Waals surface area contributed by atoms with E-state index in [-0.39, 0.29) is 11.8 Å². The molecule has 0 spiro atoms. The van der Waals surface area contributed by atoms with E-state index in [1.807, 2.05) is 15.6 Å². The molecule has 0 radical (unpaired) electrons. The highest BCUT2D eigenvalue weighted by molar-refractivity contribution is 5.92. The number of fused-ring (bicyclic) bond motifs is 1. The van der Waals surface area contributed by atoms with Crippen molar-refractivity contribution in [3.63, 3.8) is 0 Å².